The normalized spacial score (nSPS) is 10.3. The molecule has 0 saturated heterocycles. The molecule has 0 bridgehead atoms. The second kappa shape index (κ2) is 5.59. The fraction of sp³-hybridized carbons (Fsp3) is 0.250. The third-order valence-corrected chi connectivity index (χ3v) is 3.35. The molecule has 94 valence electrons. The third kappa shape index (κ3) is 2.65. The highest BCUT2D eigenvalue weighted by atomic mass is 32.1. The number of carboxylic acid groups (broad SMARTS) is 1. The summed E-state index contributed by atoms with van der Waals surface area (Å²) in [6, 6.07) is 3.99. The van der Waals surface area contributed by atoms with Gasteiger partial charge in [0.25, 0.3) is 0 Å². The number of rotatable bonds is 5. The van der Waals surface area contributed by atoms with E-state index in [1.807, 2.05) is 29.3 Å². The second-order valence-corrected chi connectivity index (χ2v) is 4.66. The van der Waals surface area contributed by atoms with Crippen molar-refractivity contribution in [2.75, 3.05) is 11.4 Å². The molecule has 0 radical (unpaired) electrons. The topological polar surface area (TPSA) is 66.3 Å². The average Bonchev–Trinajstić information content (AvgIpc) is 2.88. The summed E-state index contributed by atoms with van der Waals surface area (Å²) >= 11 is 1.64. The molecule has 0 aliphatic rings. The van der Waals surface area contributed by atoms with E-state index in [-0.39, 0.29) is 5.69 Å². The highest BCUT2D eigenvalue weighted by Gasteiger charge is 2.18. The average molecular weight is 263 g/mol. The van der Waals surface area contributed by atoms with Crippen LogP contribution in [0.1, 0.15) is 22.3 Å². The summed E-state index contributed by atoms with van der Waals surface area (Å²) in [5.74, 6) is -0.636. The van der Waals surface area contributed by atoms with Crippen LogP contribution < -0.4 is 4.90 Å². The quantitative estimate of drug-likeness (QED) is 0.896. The Hall–Kier alpha value is -1.95. The van der Waals surface area contributed by atoms with Gasteiger partial charge in [0.05, 0.1) is 6.54 Å². The Bertz CT molecular complexity index is 528. The van der Waals surface area contributed by atoms with Crippen LogP contribution in [0.2, 0.25) is 0 Å². The van der Waals surface area contributed by atoms with Gasteiger partial charge in [-0.25, -0.2) is 14.8 Å². The Balaban J connectivity index is 2.30. The van der Waals surface area contributed by atoms with E-state index in [2.05, 4.69) is 9.97 Å². The zero-order valence-electron chi connectivity index (χ0n) is 9.91. The fourth-order valence-corrected chi connectivity index (χ4v) is 2.36. The van der Waals surface area contributed by atoms with Gasteiger partial charge in [-0.15, -0.1) is 11.3 Å². The van der Waals surface area contributed by atoms with E-state index in [0.717, 1.165) is 0 Å². The monoisotopic (exact) mass is 263 g/mol. The summed E-state index contributed by atoms with van der Waals surface area (Å²) in [5, 5.41) is 11.1. The molecule has 0 saturated carbocycles. The first-order chi connectivity index (χ1) is 8.72. The summed E-state index contributed by atoms with van der Waals surface area (Å²) in [6.45, 7) is 3.29. The first-order valence-corrected chi connectivity index (χ1v) is 6.42. The number of aromatic nitrogens is 2. The van der Waals surface area contributed by atoms with E-state index < -0.39 is 5.97 Å². The molecule has 0 amide bonds. The van der Waals surface area contributed by atoms with E-state index in [1.165, 1.54) is 17.3 Å². The third-order valence-electron chi connectivity index (χ3n) is 2.49. The molecule has 0 unspecified atom stereocenters. The molecule has 6 heteroatoms. The molecule has 5 nitrogen and oxygen atoms in total. The van der Waals surface area contributed by atoms with E-state index >= 15 is 0 Å². The minimum atomic E-state index is -1.05. The number of thiophene rings is 1. The van der Waals surface area contributed by atoms with Crippen molar-refractivity contribution in [1.82, 2.24) is 9.97 Å². The maximum Gasteiger partial charge on any atom is 0.358 e. The van der Waals surface area contributed by atoms with Gasteiger partial charge in [-0.3, -0.25) is 0 Å². The first-order valence-electron chi connectivity index (χ1n) is 5.54. The molecule has 0 atom stereocenters. The lowest BCUT2D eigenvalue weighted by Gasteiger charge is -2.21. The highest BCUT2D eigenvalue weighted by molar-refractivity contribution is 7.09. The van der Waals surface area contributed by atoms with E-state index in [0.29, 0.717) is 18.9 Å². The van der Waals surface area contributed by atoms with Crippen molar-refractivity contribution >= 4 is 23.1 Å². The van der Waals surface area contributed by atoms with Crippen LogP contribution in [-0.4, -0.2) is 27.6 Å². The molecule has 2 heterocycles. The molecule has 0 fully saturated rings. The molecule has 1 N–H and O–H groups in total. The van der Waals surface area contributed by atoms with Gasteiger partial charge >= 0.3 is 5.97 Å². The number of hydrogen-bond donors (Lipinski definition) is 1. The molecular formula is C12H13N3O2S. The van der Waals surface area contributed by atoms with Crippen molar-refractivity contribution in [2.24, 2.45) is 0 Å². The van der Waals surface area contributed by atoms with E-state index in [9.17, 15) is 4.79 Å². The summed E-state index contributed by atoms with van der Waals surface area (Å²) in [7, 11) is 0. The lowest BCUT2D eigenvalue weighted by Crippen LogP contribution is -2.25. The van der Waals surface area contributed by atoms with Crippen molar-refractivity contribution in [3.05, 3.63) is 40.5 Å². The van der Waals surface area contributed by atoms with Crippen LogP contribution in [0.3, 0.4) is 0 Å². The Kier molecular flexibility index (Phi) is 3.88. The van der Waals surface area contributed by atoms with Crippen LogP contribution in [0.25, 0.3) is 0 Å². The maximum atomic E-state index is 11.1. The van der Waals surface area contributed by atoms with Crippen molar-refractivity contribution < 1.29 is 9.90 Å². The van der Waals surface area contributed by atoms with Crippen molar-refractivity contribution in [2.45, 2.75) is 13.5 Å². The zero-order valence-corrected chi connectivity index (χ0v) is 10.7. The lowest BCUT2D eigenvalue weighted by molar-refractivity contribution is 0.0690. The summed E-state index contributed by atoms with van der Waals surface area (Å²) in [4.78, 5) is 22.2. The zero-order chi connectivity index (χ0) is 13.0. The first kappa shape index (κ1) is 12.5. The van der Waals surface area contributed by atoms with Gasteiger partial charge in [0.2, 0.25) is 0 Å². The Labute approximate surface area is 109 Å². The summed E-state index contributed by atoms with van der Waals surface area (Å²) < 4.78 is 0. The van der Waals surface area contributed by atoms with Crippen LogP contribution in [0.5, 0.6) is 0 Å². The number of hydrogen-bond acceptors (Lipinski definition) is 5. The van der Waals surface area contributed by atoms with E-state index in [1.54, 1.807) is 11.3 Å². The van der Waals surface area contributed by atoms with E-state index in [4.69, 9.17) is 5.11 Å². The fourth-order valence-electron chi connectivity index (χ4n) is 1.64. The Morgan fingerprint density at radius 1 is 1.44 bits per heavy atom. The molecule has 0 aliphatic carbocycles. The van der Waals surface area contributed by atoms with Crippen LogP contribution in [0.15, 0.2) is 29.9 Å². The predicted molar refractivity (Wildman–Crippen MR) is 70.0 cm³/mol. The summed E-state index contributed by atoms with van der Waals surface area (Å²) in [6.07, 6.45) is 2.91. The molecule has 2 aromatic heterocycles. The van der Waals surface area contributed by atoms with Gasteiger partial charge in [-0.1, -0.05) is 6.07 Å². The number of carbonyl (C=O) groups is 1. The number of nitrogens with zero attached hydrogens (tertiary/aromatic N) is 3. The highest BCUT2D eigenvalue weighted by Crippen LogP contribution is 2.19. The van der Waals surface area contributed by atoms with Crippen LogP contribution >= 0.6 is 11.3 Å². The van der Waals surface area contributed by atoms with Gasteiger partial charge in [-0.05, 0) is 18.4 Å². The van der Waals surface area contributed by atoms with Gasteiger partial charge in [0, 0.05) is 23.8 Å². The molecule has 0 spiro atoms. The minimum Gasteiger partial charge on any atom is -0.476 e. The number of anilines is 1. The number of aromatic carboxylic acids is 1. The largest absolute Gasteiger partial charge is 0.476 e. The molecular weight excluding hydrogens is 250 g/mol. The van der Waals surface area contributed by atoms with Gasteiger partial charge in [0.1, 0.15) is 0 Å². The Morgan fingerprint density at radius 3 is 2.83 bits per heavy atom. The molecule has 0 aliphatic heterocycles. The maximum absolute atomic E-state index is 11.1. The van der Waals surface area contributed by atoms with Gasteiger partial charge in [0.15, 0.2) is 11.5 Å². The van der Waals surface area contributed by atoms with Crippen molar-refractivity contribution in [3.8, 4) is 0 Å². The van der Waals surface area contributed by atoms with Crippen molar-refractivity contribution in [3.63, 3.8) is 0 Å². The SMILES string of the molecule is CCN(Cc1cccs1)c1nccnc1C(=O)O. The van der Waals surface area contributed by atoms with Crippen LogP contribution in [0.4, 0.5) is 5.82 Å². The van der Waals surface area contributed by atoms with Crippen LogP contribution in [-0.2, 0) is 6.54 Å². The Morgan fingerprint density at radius 2 is 2.22 bits per heavy atom. The second-order valence-electron chi connectivity index (χ2n) is 3.63. The van der Waals surface area contributed by atoms with Gasteiger partial charge in [-0.2, -0.15) is 0 Å². The minimum absolute atomic E-state index is 0.00379. The smallest absolute Gasteiger partial charge is 0.358 e. The molecule has 0 aromatic carbocycles. The predicted octanol–water partition coefficient (Wildman–Crippen LogP) is 2.26. The standard InChI is InChI=1S/C12H13N3O2S/c1-2-15(8-9-4-3-7-18-9)11-10(12(16)17)13-5-6-14-11/h3-7H,2,8H2,1H3,(H,16,17). The molecule has 2 rings (SSSR count). The van der Waals surface area contributed by atoms with Gasteiger partial charge < -0.3 is 10.0 Å². The van der Waals surface area contributed by atoms with Crippen molar-refractivity contribution in [1.29, 1.82) is 0 Å². The summed E-state index contributed by atoms with van der Waals surface area (Å²) in [5.41, 5.74) is -0.00379. The molecule has 2 aromatic rings. The lowest BCUT2D eigenvalue weighted by atomic mass is 10.3. The van der Waals surface area contributed by atoms with Crippen LogP contribution in [0, 0.1) is 0 Å². The molecule has 18 heavy (non-hydrogen) atoms. The number of carboxylic acids is 1.